The second-order valence-electron chi connectivity index (χ2n) is 4.76. The summed E-state index contributed by atoms with van der Waals surface area (Å²) in [5, 5.41) is 9.21. The van der Waals surface area contributed by atoms with Gasteiger partial charge in [-0.25, -0.2) is 8.42 Å². The van der Waals surface area contributed by atoms with Crippen LogP contribution in [0.4, 0.5) is 0 Å². The van der Waals surface area contributed by atoms with Gasteiger partial charge in [0.1, 0.15) is 15.5 Å². The maximum atomic E-state index is 11.6. The third kappa shape index (κ3) is 5.31. The van der Waals surface area contributed by atoms with Gasteiger partial charge in [0.15, 0.2) is 0 Å². The predicted octanol–water partition coefficient (Wildman–Crippen LogP) is 0.383. The molecule has 18 heavy (non-hydrogen) atoms. The topological polar surface area (TPSA) is 91.9 Å². The average molecular weight is 273 g/mol. The molecule has 0 radical (unpaired) electrons. The number of aromatic amines is 1. The van der Waals surface area contributed by atoms with E-state index >= 15 is 0 Å². The number of sulfone groups is 1. The van der Waals surface area contributed by atoms with Crippen LogP contribution in [0, 0.1) is 5.92 Å². The van der Waals surface area contributed by atoms with Crippen molar-refractivity contribution < 1.29 is 13.2 Å². The molecular weight excluding hydrogens is 254 g/mol. The van der Waals surface area contributed by atoms with Crippen molar-refractivity contribution in [2.75, 3.05) is 18.6 Å². The number of hydrogen-bond acceptors (Lipinski definition) is 4. The number of carbonyl (C=O) groups excluding carboxylic acids is 1. The van der Waals surface area contributed by atoms with Gasteiger partial charge in [-0.2, -0.15) is 5.10 Å². The molecule has 102 valence electrons. The minimum Gasteiger partial charge on any atom is -0.350 e. The lowest BCUT2D eigenvalue weighted by molar-refractivity contribution is 0.0951. The Hall–Kier alpha value is -1.37. The molecule has 7 heteroatoms. The van der Waals surface area contributed by atoms with E-state index in [-0.39, 0.29) is 18.2 Å². The summed E-state index contributed by atoms with van der Waals surface area (Å²) in [7, 11) is -3.06. The number of nitrogens with one attached hydrogen (secondary N) is 2. The molecule has 1 aromatic heterocycles. The maximum absolute atomic E-state index is 11.6. The highest BCUT2D eigenvalue weighted by molar-refractivity contribution is 7.90. The highest BCUT2D eigenvalue weighted by atomic mass is 32.2. The molecule has 0 atom stereocenters. The first-order valence-electron chi connectivity index (χ1n) is 5.78. The van der Waals surface area contributed by atoms with Crippen LogP contribution in [0.3, 0.4) is 0 Å². The van der Waals surface area contributed by atoms with Crippen molar-refractivity contribution in [1.82, 2.24) is 15.5 Å². The van der Waals surface area contributed by atoms with Gasteiger partial charge in [0.2, 0.25) is 0 Å². The van der Waals surface area contributed by atoms with Crippen LogP contribution in [0.5, 0.6) is 0 Å². The van der Waals surface area contributed by atoms with Gasteiger partial charge >= 0.3 is 0 Å². The van der Waals surface area contributed by atoms with Gasteiger partial charge in [-0.15, -0.1) is 0 Å². The van der Waals surface area contributed by atoms with Crippen molar-refractivity contribution in [3.05, 3.63) is 17.5 Å². The summed E-state index contributed by atoms with van der Waals surface area (Å²) < 4.78 is 21.8. The average Bonchev–Trinajstić information content (AvgIpc) is 2.63. The second-order valence-corrected chi connectivity index (χ2v) is 7.02. The van der Waals surface area contributed by atoms with Gasteiger partial charge in [0.05, 0.1) is 5.75 Å². The predicted molar refractivity (Wildman–Crippen MR) is 69.2 cm³/mol. The number of amides is 1. The first-order valence-corrected chi connectivity index (χ1v) is 7.84. The number of rotatable bonds is 6. The zero-order chi connectivity index (χ0) is 13.8. The van der Waals surface area contributed by atoms with Crippen LogP contribution in [0.15, 0.2) is 6.07 Å². The molecule has 1 aromatic rings. The second kappa shape index (κ2) is 5.99. The lowest BCUT2D eigenvalue weighted by Gasteiger charge is -2.01. The summed E-state index contributed by atoms with van der Waals surface area (Å²) in [5.74, 6) is 0.0543. The fourth-order valence-electron chi connectivity index (χ4n) is 1.46. The summed E-state index contributed by atoms with van der Waals surface area (Å²) in [6.45, 7) is 4.25. The lowest BCUT2D eigenvalue weighted by Crippen LogP contribution is -2.29. The standard InChI is InChI=1S/C11H19N3O3S/c1-8(2)6-9-7-10(14-13-9)11(15)12-4-5-18(3,16)17/h7-8H,4-6H2,1-3H3,(H,12,15)(H,13,14). The third-order valence-corrected chi connectivity index (χ3v) is 3.20. The molecule has 0 aromatic carbocycles. The third-order valence-electron chi connectivity index (χ3n) is 2.25. The van der Waals surface area contributed by atoms with Crippen LogP contribution >= 0.6 is 0 Å². The molecule has 1 amide bonds. The minimum absolute atomic E-state index is 0.0674. The minimum atomic E-state index is -3.06. The number of nitrogens with zero attached hydrogens (tertiary/aromatic N) is 1. The van der Waals surface area contributed by atoms with Crippen molar-refractivity contribution in [3.8, 4) is 0 Å². The molecule has 0 saturated heterocycles. The Bertz CT molecular complexity index is 505. The van der Waals surface area contributed by atoms with Crippen LogP contribution in [0.1, 0.15) is 30.0 Å². The van der Waals surface area contributed by atoms with Gasteiger partial charge in [-0.05, 0) is 18.4 Å². The van der Waals surface area contributed by atoms with Gasteiger partial charge in [0.25, 0.3) is 5.91 Å². The Labute approximate surface area is 107 Å². The number of aromatic nitrogens is 2. The van der Waals surface area contributed by atoms with Crippen molar-refractivity contribution in [2.45, 2.75) is 20.3 Å². The summed E-state index contributed by atoms with van der Waals surface area (Å²) in [5.41, 5.74) is 1.19. The summed E-state index contributed by atoms with van der Waals surface area (Å²) in [6, 6.07) is 1.69. The van der Waals surface area contributed by atoms with Gasteiger partial charge in [0, 0.05) is 18.5 Å². The van der Waals surface area contributed by atoms with Crippen LogP contribution in [-0.4, -0.2) is 43.1 Å². The van der Waals surface area contributed by atoms with E-state index in [4.69, 9.17) is 0 Å². The van der Waals surface area contributed by atoms with Gasteiger partial charge < -0.3 is 5.32 Å². The molecule has 1 rings (SSSR count). The van der Waals surface area contributed by atoms with Gasteiger partial charge in [-0.3, -0.25) is 9.89 Å². The van der Waals surface area contributed by atoms with E-state index in [1.54, 1.807) is 6.07 Å². The molecule has 0 fully saturated rings. The smallest absolute Gasteiger partial charge is 0.271 e. The molecular formula is C11H19N3O3S. The highest BCUT2D eigenvalue weighted by Crippen LogP contribution is 2.06. The van der Waals surface area contributed by atoms with E-state index < -0.39 is 9.84 Å². The first-order chi connectivity index (χ1) is 8.28. The Morgan fingerprint density at radius 1 is 1.50 bits per heavy atom. The molecule has 2 N–H and O–H groups in total. The fourth-order valence-corrected chi connectivity index (χ4v) is 1.94. The molecule has 0 spiro atoms. The van der Waals surface area contributed by atoms with Gasteiger partial charge in [-0.1, -0.05) is 13.8 Å². The van der Waals surface area contributed by atoms with Crippen LogP contribution in [0.25, 0.3) is 0 Å². The fraction of sp³-hybridized carbons (Fsp3) is 0.636. The Balaban J connectivity index is 2.49. The van der Waals surface area contributed by atoms with Crippen molar-refractivity contribution >= 4 is 15.7 Å². The quantitative estimate of drug-likeness (QED) is 0.784. The molecule has 0 aliphatic rings. The maximum Gasteiger partial charge on any atom is 0.271 e. The number of carbonyl (C=O) groups is 1. The molecule has 1 heterocycles. The summed E-state index contributed by atoms with van der Waals surface area (Å²) in [4.78, 5) is 11.6. The Morgan fingerprint density at radius 2 is 2.17 bits per heavy atom. The van der Waals surface area contributed by atoms with Crippen LogP contribution in [0.2, 0.25) is 0 Å². The van der Waals surface area contributed by atoms with E-state index in [1.807, 2.05) is 0 Å². The monoisotopic (exact) mass is 273 g/mol. The van der Waals surface area contributed by atoms with Crippen molar-refractivity contribution in [1.29, 1.82) is 0 Å². The molecule has 0 saturated carbocycles. The van der Waals surface area contributed by atoms with E-state index in [0.29, 0.717) is 11.6 Å². The van der Waals surface area contributed by atoms with Crippen molar-refractivity contribution in [2.24, 2.45) is 5.92 Å². The van der Waals surface area contributed by atoms with E-state index in [2.05, 4.69) is 29.4 Å². The highest BCUT2D eigenvalue weighted by Gasteiger charge is 2.11. The lowest BCUT2D eigenvalue weighted by atomic mass is 10.1. The van der Waals surface area contributed by atoms with E-state index in [9.17, 15) is 13.2 Å². The van der Waals surface area contributed by atoms with Crippen molar-refractivity contribution in [3.63, 3.8) is 0 Å². The molecule has 0 aliphatic heterocycles. The van der Waals surface area contributed by atoms with E-state index in [0.717, 1.165) is 18.4 Å². The number of H-pyrrole nitrogens is 1. The Morgan fingerprint density at radius 3 is 2.72 bits per heavy atom. The van der Waals surface area contributed by atoms with Crippen LogP contribution < -0.4 is 5.32 Å². The zero-order valence-corrected chi connectivity index (χ0v) is 11.7. The normalized spacial score (nSPS) is 11.8. The molecule has 6 nitrogen and oxygen atoms in total. The Kier molecular flexibility index (Phi) is 4.89. The van der Waals surface area contributed by atoms with E-state index in [1.165, 1.54) is 0 Å². The zero-order valence-electron chi connectivity index (χ0n) is 10.9. The SMILES string of the molecule is CC(C)Cc1cc(C(=O)NCCS(C)(=O)=O)n[nH]1. The summed E-state index contributed by atoms with van der Waals surface area (Å²) >= 11 is 0. The molecule has 0 unspecified atom stereocenters. The molecule has 0 aliphatic carbocycles. The summed E-state index contributed by atoms with van der Waals surface area (Å²) in [6.07, 6.45) is 1.96. The largest absolute Gasteiger partial charge is 0.350 e. The first kappa shape index (κ1) is 14.7. The number of hydrogen-bond donors (Lipinski definition) is 2. The van der Waals surface area contributed by atoms with Crippen LogP contribution in [-0.2, 0) is 16.3 Å². The molecule has 0 bridgehead atoms.